The highest BCUT2D eigenvalue weighted by Gasteiger charge is 2.12. The normalized spacial score (nSPS) is 11.8. The zero-order chi connectivity index (χ0) is 14.5. The average Bonchev–Trinajstić information content (AvgIpc) is 2.38. The number of rotatable bonds is 4. The molecule has 6 heteroatoms. The molecule has 2 aromatic carbocycles. The number of benzene rings is 2. The van der Waals surface area contributed by atoms with Gasteiger partial charge in [0.2, 0.25) is 5.91 Å². The quantitative estimate of drug-likeness (QED) is 0.831. The van der Waals surface area contributed by atoms with Gasteiger partial charge in [-0.1, -0.05) is 18.2 Å². The van der Waals surface area contributed by atoms with Crippen molar-refractivity contribution in [1.82, 2.24) is 0 Å². The van der Waals surface area contributed by atoms with Gasteiger partial charge < -0.3 is 11.1 Å². The van der Waals surface area contributed by atoms with E-state index in [-0.39, 0.29) is 11.7 Å². The molecule has 0 aromatic heterocycles. The number of carbonyl (C=O) groups excluding carboxylic acids is 1. The van der Waals surface area contributed by atoms with E-state index in [4.69, 9.17) is 5.73 Å². The van der Waals surface area contributed by atoms with Gasteiger partial charge in [0.15, 0.2) is 0 Å². The Morgan fingerprint density at radius 3 is 2.65 bits per heavy atom. The first kappa shape index (κ1) is 14.7. The van der Waals surface area contributed by atoms with Crippen LogP contribution in [0.5, 0.6) is 0 Å². The summed E-state index contributed by atoms with van der Waals surface area (Å²) in [5.74, 6) is -0.415. The lowest BCUT2D eigenvalue weighted by atomic mass is 10.3. The van der Waals surface area contributed by atoms with Crippen LogP contribution in [0.3, 0.4) is 0 Å². The summed E-state index contributed by atoms with van der Waals surface area (Å²) >= 11 is 3.32. The number of nitrogens with two attached hydrogens (primary N) is 1. The van der Waals surface area contributed by atoms with E-state index >= 15 is 0 Å². The number of nitrogen functional groups attached to an aromatic ring is 1. The van der Waals surface area contributed by atoms with Crippen molar-refractivity contribution >= 4 is 44.0 Å². The summed E-state index contributed by atoms with van der Waals surface area (Å²) in [6.45, 7) is 0. The average molecular weight is 353 g/mol. The molecule has 2 rings (SSSR count). The second-order valence-corrected chi connectivity index (χ2v) is 6.37. The Morgan fingerprint density at radius 1 is 1.20 bits per heavy atom. The van der Waals surface area contributed by atoms with Gasteiger partial charge in [0.25, 0.3) is 0 Å². The SMILES string of the molecule is Nc1cccc(NC(=O)CS(=O)c2ccccc2Br)c1. The van der Waals surface area contributed by atoms with Gasteiger partial charge >= 0.3 is 0 Å². The smallest absolute Gasteiger partial charge is 0.237 e. The maximum atomic E-state index is 12.1. The fourth-order valence-electron chi connectivity index (χ4n) is 1.64. The zero-order valence-electron chi connectivity index (χ0n) is 10.5. The highest BCUT2D eigenvalue weighted by Crippen LogP contribution is 2.20. The third-order valence-corrected chi connectivity index (χ3v) is 4.84. The van der Waals surface area contributed by atoms with Crippen molar-refractivity contribution in [3.8, 4) is 0 Å². The van der Waals surface area contributed by atoms with Gasteiger partial charge in [-0.25, -0.2) is 0 Å². The first-order chi connectivity index (χ1) is 9.56. The van der Waals surface area contributed by atoms with E-state index < -0.39 is 10.8 Å². The van der Waals surface area contributed by atoms with Crippen molar-refractivity contribution in [2.75, 3.05) is 16.8 Å². The third kappa shape index (κ3) is 3.91. The van der Waals surface area contributed by atoms with Gasteiger partial charge in [0, 0.05) is 15.8 Å². The summed E-state index contributed by atoms with van der Waals surface area (Å²) in [6.07, 6.45) is 0. The van der Waals surface area contributed by atoms with E-state index in [1.54, 1.807) is 42.5 Å². The molecule has 1 atom stereocenters. The molecule has 0 aliphatic carbocycles. The maximum Gasteiger partial charge on any atom is 0.237 e. The Kier molecular flexibility index (Phi) is 4.92. The Morgan fingerprint density at radius 2 is 1.95 bits per heavy atom. The molecule has 3 N–H and O–H groups in total. The van der Waals surface area contributed by atoms with Crippen molar-refractivity contribution in [3.63, 3.8) is 0 Å². The molecule has 0 heterocycles. The lowest BCUT2D eigenvalue weighted by Crippen LogP contribution is -2.19. The van der Waals surface area contributed by atoms with E-state index in [9.17, 15) is 9.00 Å². The van der Waals surface area contributed by atoms with Gasteiger partial charge in [-0.2, -0.15) is 0 Å². The fourth-order valence-corrected chi connectivity index (χ4v) is 3.45. The van der Waals surface area contributed by atoms with Gasteiger partial charge in [-0.15, -0.1) is 0 Å². The summed E-state index contributed by atoms with van der Waals surface area (Å²) in [6, 6.07) is 14.0. The molecule has 0 bridgehead atoms. The van der Waals surface area contributed by atoms with Crippen LogP contribution in [0, 0.1) is 0 Å². The standard InChI is InChI=1S/C14H13BrN2O2S/c15-12-6-1-2-7-13(12)20(19)9-14(18)17-11-5-3-4-10(16)8-11/h1-8H,9,16H2,(H,17,18). The number of hydrogen-bond donors (Lipinski definition) is 2. The van der Waals surface area contributed by atoms with Crippen LogP contribution in [0.2, 0.25) is 0 Å². The molecule has 0 fully saturated rings. The Balaban J connectivity index is 2.02. The molecule has 1 amide bonds. The molecule has 0 radical (unpaired) electrons. The minimum Gasteiger partial charge on any atom is -0.399 e. The van der Waals surface area contributed by atoms with E-state index in [0.29, 0.717) is 16.3 Å². The van der Waals surface area contributed by atoms with E-state index in [1.807, 2.05) is 6.07 Å². The molecule has 0 aliphatic rings. The second-order valence-electron chi connectivity index (χ2n) is 4.09. The van der Waals surface area contributed by atoms with E-state index in [1.165, 1.54) is 0 Å². The van der Waals surface area contributed by atoms with Crippen molar-refractivity contribution in [1.29, 1.82) is 0 Å². The van der Waals surface area contributed by atoms with E-state index in [0.717, 1.165) is 4.47 Å². The van der Waals surface area contributed by atoms with Crippen LogP contribution < -0.4 is 11.1 Å². The topological polar surface area (TPSA) is 72.2 Å². The number of nitrogens with one attached hydrogen (secondary N) is 1. The molecule has 0 aliphatic heterocycles. The number of anilines is 2. The van der Waals surface area contributed by atoms with Crippen LogP contribution in [0.4, 0.5) is 11.4 Å². The van der Waals surface area contributed by atoms with Crippen LogP contribution in [0.1, 0.15) is 0 Å². The van der Waals surface area contributed by atoms with Gasteiger partial charge in [-0.05, 0) is 46.3 Å². The summed E-state index contributed by atoms with van der Waals surface area (Å²) in [4.78, 5) is 12.5. The lowest BCUT2D eigenvalue weighted by Gasteiger charge is -2.07. The first-order valence-electron chi connectivity index (χ1n) is 5.84. The predicted molar refractivity (Wildman–Crippen MR) is 84.9 cm³/mol. The van der Waals surface area contributed by atoms with Crippen LogP contribution in [0.25, 0.3) is 0 Å². The van der Waals surface area contributed by atoms with Gasteiger partial charge in [0.05, 0.1) is 15.7 Å². The maximum absolute atomic E-state index is 12.1. The van der Waals surface area contributed by atoms with E-state index in [2.05, 4.69) is 21.2 Å². The molecular formula is C14H13BrN2O2S. The van der Waals surface area contributed by atoms with Crippen LogP contribution in [-0.4, -0.2) is 15.9 Å². The lowest BCUT2D eigenvalue weighted by molar-refractivity contribution is -0.113. The molecule has 0 saturated carbocycles. The minimum absolute atomic E-state index is 0.0998. The van der Waals surface area contributed by atoms with Gasteiger partial charge in [0.1, 0.15) is 5.75 Å². The summed E-state index contributed by atoms with van der Waals surface area (Å²) in [5, 5.41) is 2.68. The largest absolute Gasteiger partial charge is 0.399 e. The molecule has 2 aromatic rings. The Labute approximate surface area is 128 Å². The third-order valence-electron chi connectivity index (χ3n) is 2.51. The first-order valence-corrected chi connectivity index (χ1v) is 7.96. The minimum atomic E-state index is -1.39. The fraction of sp³-hybridized carbons (Fsp3) is 0.0714. The van der Waals surface area contributed by atoms with Crippen molar-refractivity contribution in [2.45, 2.75) is 4.90 Å². The molecule has 20 heavy (non-hydrogen) atoms. The summed E-state index contributed by atoms with van der Waals surface area (Å²) < 4.78 is 12.9. The van der Waals surface area contributed by atoms with Crippen molar-refractivity contribution in [3.05, 3.63) is 53.0 Å². The zero-order valence-corrected chi connectivity index (χ0v) is 12.9. The highest BCUT2D eigenvalue weighted by atomic mass is 79.9. The van der Waals surface area contributed by atoms with Crippen LogP contribution >= 0.6 is 15.9 Å². The van der Waals surface area contributed by atoms with Crippen LogP contribution in [-0.2, 0) is 15.6 Å². The summed E-state index contributed by atoms with van der Waals surface area (Å²) in [5.41, 5.74) is 6.79. The number of amides is 1. The summed E-state index contributed by atoms with van der Waals surface area (Å²) in [7, 11) is -1.39. The number of carbonyl (C=O) groups is 1. The Bertz CT molecular complexity index is 661. The molecule has 104 valence electrons. The second kappa shape index (κ2) is 6.67. The highest BCUT2D eigenvalue weighted by molar-refractivity contribution is 9.10. The number of halogens is 1. The van der Waals surface area contributed by atoms with Crippen LogP contribution in [0.15, 0.2) is 57.9 Å². The molecule has 1 unspecified atom stereocenters. The number of hydrogen-bond acceptors (Lipinski definition) is 3. The molecule has 0 saturated heterocycles. The van der Waals surface area contributed by atoms with Crippen molar-refractivity contribution < 1.29 is 9.00 Å². The predicted octanol–water partition coefficient (Wildman–Crippen LogP) is 2.78. The van der Waals surface area contributed by atoms with Gasteiger partial charge in [-0.3, -0.25) is 9.00 Å². The Hall–Kier alpha value is -1.66. The van der Waals surface area contributed by atoms with Crippen molar-refractivity contribution in [2.24, 2.45) is 0 Å². The molecule has 4 nitrogen and oxygen atoms in total. The molecule has 0 spiro atoms. The molecular weight excluding hydrogens is 340 g/mol. The monoisotopic (exact) mass is 352 g/mol.